The molecular weight excluding hydrogens is 286 g/mol. The highest BCUT2D eigenvalue weighted by molar-refractivity contribution is 5.85. The first-order valence-corrected chi connectivity index (χ1v) is 8.13. The van der Waals surface area contributed by atoms with Crippen LogP contribution in [0, 0.1) is 5.92 Å². The van der Waals surface area contributed by atoms with E-state index in [0.29, 0.717) is 0 Å². The largest absolute Gasteiger partial charge is 0.481 e. The number of carbonyl (C=O) groups excluding carboxylic acids is 1. The number of hydrogen-bond donors (Lipinski definition) is 3. The molecule has 6 nitrogen and oxygen atoms in total. The van der Waals surface area contributed by atoms with Gasteiger partial charge in [0.05, 0.1) is 0 Å². The Morgan fingerprint density at radius 3 is 2.09 bits per heavy atom. The van der Waals surface area contributed by atoms with Gasteiger partial charge in [-0.2, -0.15) is 0 Å². The second-order valence-electron chi connectivity index (χ2n) is 5.79. The topological polar surface area (TPSA) is 104 Å². The van der Waals surface area contributed by atoms with Crippen LogP contribution in [0.2, 0.25) is 0 Å². The van der Waals surface area contributed by atoms with E-state index < -0.39 is 18.0 Å². The molecule has 0 saturated carbocycles. The molecule has 0 heterocycles. The highest BCUT2D eigenvalue weighted by Crippen LogP contribution is 2.13. The quantitative estimate of drug-likeness (QED) is 0.453. The monoisotopic (exact) mass is 315 g/mol. The molecule has 1 amide bonds. The Morgan fingerprint density at radius 1 is 0.955 bits per heavy atom. The van der Waals surface area contributed by atoms with Gasteiger partial charge in [0.15, 0.2) is 0 Å². The van der Waals surface area contributed by atoms with Gasteiger partial charge in [0.2, 0.25) is 5.91 Å². The van der Waals surface area contributed by atoms with Crippen molar-refractivity contribution in [2.24, 2.45) is 5.92 Å². The highest BCUT2D eigenvalue weighted by Gasteiger charge is 2.23. The zero-order chi connectivity index (χ0) is 17.0. The summed E-state index contributed by atoms with van der Waals surface area (Å²) in [5.41, 5.74) is 0. The molecule has 0 aromatic carbocycles. The first-order valence-electron chi connectivity index (χ1n) is 8.13. The van der Waals surface area contributed by atoms with Crippen molar-refractivity contribution >= 4 is 17.8 Å². The van der Waals surface area contributed by atoms with E-state index in [9.17, 15) is 14.4 Å². The summed E-state index contributed by atoms with van der Waals surface area (Å²) in [5.74, 6) is -2.83. The van der Waals surface area contributed by atoms with Gasteiger partial charge in [-0.25, -0.2) is 4.79 Å². The first kappa shape index (κ1) is 20.4. The number of carboxylic acids is 2. The molecule has 3 N–H and O–H groups in total. The van der Waals surface area contributed by atoms with Crippen LogP contribution in [0.3, 0.4) is 0 Å². The Bertz CT molecular complexity index is 356. The molecule has 0 aliphatic carbocycles. The van der Waals surface area contributed by atoms with Crippen LogP contribution in [-0.4, -0.2) is 34.1 Å². The number of amides is 1. The van der Waals surface area contributed by atoms with Gasteiger partial charge < -0.3 is 15.5 Å². The molecule has 0 saturated heterocycles. The number of hydrogen-bond acceptors (Lipinski definition) is 3. The van der Waals surface area contributed by atoms with Gasteiger partial charge >= 0.3 is 11.9 Å². The lowest BCUT2D eigenvalue weighted by Crippen LogP contribution is -2.43. The Hall–Kier alpha value is -1.59. The van der Waals surface area contributed by atoms with E-state index in [-0.39, 0.29) is 24.7 Å². The maximum Gasteiger partial charge on any atom is 0.326 e. The number of carboxylic acid groups (broad SMARTS) is 2. The molecule has 0 bridgehead atoms. The number of nitrogens with one attached hydrogen (secondary N) is 1. The smallest absolute Gasteiger partial charge is 0.326 e. The van der Waals surface area contributed by atoms with E-state index in [1.165, 1.54) is 25.7 Å². The lowest BCUT2D eigenvalue weighted by Gasteiger charge is -2.17. The normalized spacial score (nSPS) is 13.4. The van der Waals surface area contributed by atoms with Crippen LogP contribution in [0.15, 0.2) is 0 Å². The Labute approximate surface area is 132 Å². The Balaban J connectivity index is 4.03. The summed E-state index contributed by atoms with van der Waals surface area (Å²) in [6.07, 6.45) is 7.20. The van der Waals surface area contributed by atoms with Gasteiger partial charge in [0, 0.05) is 12.3 Å². The van der Waals surface area contributed by atoms with Crippen LogP contribution in [0.5, 0.6) is 0 Å². The molecule has 0 aliphatic heterocycles. The third kappa shape index (κ3) is 10.2. The van der Waals surface area contributed by atoms with Crippen LogP contribution in [-0.2, 0) is 14.4 Å². The molecule has 0 fully saturated rings. The summed E-state index contributed by atoms with van der Waals surface area (Å²) in [6.45, 7) is 3.94. The van der Waals surface area contributed by atoms with Crippen molar-refractivity contribution in [2.75, 3.05) is 0 Å². The minimum atomic E-state index is -1.19. The van der Waals surface area contributed by atoms with E-state index in [0.717, 1.165) is 19.3 Å². The van der Waals surface area contributed by atoms with E-state index >= 15 is 0 Å². The summed E-state index contributed by atoms with van der Waals surface area (Å²) >= 11 is 0. The second kappa shape index (κ2) is 12.0. The average Bonchev–Trinajstić information content (AvgIpc) is 2.45. The zero-order valence-corrected chi connectivity index (χ0v) is 13.6. The predicted molar refractivity (Wildman–Crippen MR) is 83.6 cm³/mol. The standard InChI is InChI=1S/C16H29NO5/c1-3-4-5-6-7-8-9-12(2)15(20)17-13(16(21)22)10-11-14(18)19/h12-13H,3-11H2,1-2H3,(H,17,20)(H,18,19)(H,21,22)/t12?,13-/m0/s1. The lowest BCUT2D eigenvalue weighted by atomic mass is 10.0. The van der Waals surface area contributed by atoms with Crippen molar-refractivity contribution in [1.82, 2.24) is 5.32 Å². The molecule has 1 unspecified atom stereocenters. The lowest BCUT2D eigenvalue weighted by molar-refractivity contribution is -0.143. The summed E-state index contributed by atoms with van der Waals surface area (Å²) in [4.78, 5) is 33.5. The van der Waals surface area contributed by atoms with Gasteiger partial charge in [-0.1, -0.05) is 52.4 Å². The van der Waals surface area contributed by atoms with E-state index in [1.807, 2.05) is 0 Å². The van der Waals surface area contributed by atoms with Crippen molar-refractivity contribution in [3.05, 3.63) is 0 Å². The van der Waals surface area contributed by atoms with Crippen molar-refractivity contribution in [3.63, 3.8) is 0 Å². The van der Waals surface area contributed by atoms with Crippen molar-refractivity contribution in [1.29, 1.82) is 0 Å². The summed E-state index contributed by atoms with van der Waals surface area (Å²) < 4.78 is 0. The first-order chi connectivity index (χ1) is 10.4. The fourth-order valence-corrected chi connectivity index (χ4v) is 2.20. The number of unbranched alkanes of at least 4 members (excludes halogenated alkanes) is 5. The predicted octanol–water partition coefficient (Wildman–Crippen LogP) is 2.81. The highest BCUT2D eigenvalue weighted by atomic mass is 16.4. The SMILES string of the molecule is CCCCCCCCC(C)C(=O)N[C@@H](CCC(=O)O)C(=O)O. The molecule has 0 spiro atoms. The average molecular weight is 315 g/mol. The minimum absolute atomic E-state index is 0.0971. The van der Waals surface area contributed by atoms with Gasteiger partial charge in [-0.15, -0.1) is 0 Å². The summed E-state index contributed by atoms with van der Waals surface area (Å²) in [5, 5.41) is 20.0. The molecular formula is C16H29NO5. The fourth-order valence-electron chi connectivity index (χ4n) is 2.20. The van der Waals surface area contributed by atoms with Crippen LogP contribution < -0.4 is 5.32 Å². The molecule has 128 valence electrons. The van der Waals surface area contributed by atoms with Crippen LogP contribution in [0.4, 0.5) is 0 Å². The molecule has 6 heteroatoms. The van der Waals surface area contributed by atoms with Gasteiger partial charge in [-0.05, 0) is 12.8 Å². The van der Waals surface area contributed by atoms with Gasteiger partial charge in [0.25, 0.3) is 0 Å². The molecule has 0 radical (unpaired) electrons. The maximum atomic E-state index is 11.9. The Kier molecular flexibility index (Phi) is 11.1. The zero-order valence-electron chi connectivity index (χ0n) is 13.6. The maximum absolute atomic E-state index is 11.9. The molecule has 22 heavy (non-hydrogen) atoms. The van der Waals surface area contributed by atoms with Crippen molar-refractivity contribution in [2.45, 2.75) is 77.7 Å². The van der Waals surface area contributed by atoms with Gasteiger partial charge in [-0.3, -0.25) is 9.59 Å². The molecule has 0 rings (SSSR count). The third-order valence-electron chi connectivity index (χ3n) is 3.70. The minimum Gasteiger partial charge on any atom is -0.481 e. The summed E-state index contributed by atoms with van der Waals surface area (Å²) in [6, 6.07) is -1.13. The second-order valence-corrected chi connectivity index (χ2v) is 5.79. The summed E-state index contributed by atoms with van der Waals surface area (Å²) in [7, 11) is 0. The fraction of sp³-hybridized carbons (Fsp3) is 0.812. The molecule has 0 aliphatic rings. The van der Waals surface area contributed by atoms with Crippen LogP contribution in [0.25, 0.3) is 0 Å². The number of rotatable bonds is 13. The van der Waals surface area contributed by atoms with E-state index in [4.69, 9.17) is 10.2 Å². The third-order valence-corrected chi connectivity index (χ3v) is 3.70. The van der Waals surface area contributed by atoms with Crippen LogP contribution in [0.1, 0.15) is 71.6 Å². The van der Waals surface area contributed by atoms with Gasteiger partial charge in [0.1, 0.15) is 6.04 Å². The Morgan fingerprint density at radius 2 is 1.55 bits per heavy atom. The number of carbonyl (C=O) groups is 3. The van der Waals surface area contributed by atoms with Crippen molar-refractivity contribution in [3.8, 4) is 0 Å². The molecule has 0 aromatic heterocycles. The van der Waals surface area contributed by atoms with E-state index in [1.54, 1.807) is 6.92 Å². The molecule has 0 aromatic rings. The molecule has 2 atom stereocenters. The van der Waals surface area contributed by atoms with E-state index in [2.05, 4.69) is 12.2 Å². The van der Waals surface area contributed by atoms with Crippen molar-refractivity contribution < 1.29 is 24.6 Å². The van der Waals surface area contributed by atoms with Crippen LogP contribution >= 0.6 is 0 Å². The number of aliphatic carboxylic acids is 2.